The van der Waals surface area contributed by atoms with Crippen molar-refractivity contribution in [2.45, 2.75) is 13.0 Å². The number of hydrogen-bond acceptors (Lipinski definition) is 4. The summed E-state index contributed by atoms with van der Waals surface area (Å²) >= 11 is 0. The molecule has 1 aliphatic rings. The molecule has 1 aliphatic heterocycles. The minimum absolute atomic E-state index is 0.684. The topological polar surface area (TPSA) is 33.7 Å². The molecule has 3 rings (SSSR count). The molecular formula is C20H26N2O2. The molecule has 0 aromatic heterocycles. The van der Waals surface area contributed by atoms with Crippen LogP contribution in [0.2, 0.25) is 0 Å². The van der Waals surface area contributed by atoms with E-state index in [0.29, 0.717) is 6.61 Å². The lowest BCUT2D eigenvalue weighted by molar-refractivity contribution is 0.233. The van der Waals surface area contributed by atoms with E-state index in [1.165, 1.54) is 11.1 Å². The monoisotopic (exact) mass is 326 g/mol. The molecule has 2 aromatic rings. The van der Waals surface area contributed by atoms with Gasteiger partial charge in [0.2, 0.25) is 0 Å². The van der Waals surface area contributed by atoms with Crippen molar-refractivity contribution >= 4 is 0 Å². The number of methoxy groups -OCH3 is 1. The van der Waals surface area contributed by atoms with Gasteiger partial charge in [0.15, 0.2) is 0 Å². The number of hydrogen-bond donors (Lipinski definition) is 1. The first-order valence-electron chi connectivity index (χ1n) is 8.61. The highest BCUT2D eigenvalue weighted by Crippen LogP contribution is 2.15. The summed E-state index contributed by atoms with van der Waals surface area (Å²) in [6, 6.07) is 16.6. The summed E-state index contributed by atoms with van der Waals surface area (Å²) in [4.78, 5) is 2.48. The number of nitrogens with zero attached hydrogens (tertiary/aromatic N) is 1. The van der Waals surface area contributed by atoms with Crippen molar-refractivity contribution in [2.24, 2.45) is 0 Å². The second-order valence-corrected chi connectivity index (χ2v) is 6.12. The fraction of sp³-hybridized carbons (Fsp3) is 0.400. The molecule has 0 spiro atoms. The fourth-order valence-electron chi connectivity index (χ4n) is 2.90. The van der Waals surface area contributed by atoms with Gasteiger partial charge in [-0.1, -0.05) is 24.3 Å². The second kappa shape index (κ2) is 8.71. The predicted molar refractivity (Wildman–Crippen MR) is 96.8 cm³/mol. The zero-order valence-electron chi connectivity index (χ0n) is 14.3. The Kier molecular flexibility index (Phi) is 6.10. The molecule has 0 radical (unpaired) electrons. The molecule has 1 heterocycles. The van der Waals surface area contributed by atoms with Crippen LogP contribution in [-0.2, 0) is 13.0 Å². The first-order valence-corrected chi connectivity index (χ1v) is 8.61. The van der Waals surface area contributed by atoms with Crippen LogP contribution in [0.5, 0.6) is 11.5 Å². The molecule has 1 fully saturated rings. The van der Waals surface area contributed by atoms with Gasteiger partial charge in [0.1, 0.15) is 11.5 Å². The van der Waals surface area contributed by atoms with Gasteiger partial charge in [-0.3, -0.25) is 4.90 Å². The van der Waals surface area contributed by atoms with Crippen molar-refractivity contribution < 1.29 is 9.47 Å². The number of rotatable bonds is 7. The van der Waals surface area contributed by atoms with Crippen LogP contribution in [0.15, 0.2) is 48.5 Å². The molecule has 128 valence electrons. The Hall–Kier alpha value is -2.04. The van der Waals surface area contributed by atoms with Gasteiger partial charge in [-0.15, -0.1) is 0 Å². The Morgan fingerprint density at radius 3 is 2.17 bits per heavy atom. The van der Waals surface area contributed by atoms with E-state index in [4.69, 9.17) is 9.47 Å². The molecule has 0 atom stereocenters. The van der Waals surface area contributed by atoms with Gasteiger partial charge >= 0.3 is 0 Å². The van der Waals surface area contributed by atoms with Gasteiger partial charge in [-0.05, 0) is 35.4 Å². The summed E-state index contributed by atoms with van der Waals surface area (Å²) in [5, 5.41) is 3.38. The van der Waals surface area contributed by atoms with Crippen LogP contribution in [0.1, 0.15) is 11.1 Å². The van der Waals surface area contributed by atoms with E-state index < -0.39 is 0 Å². The SMILES string of the molecule is COc1ccc(CCOc2ccc(CN3CCNCC3)cc2)cc1. The van der Waals surface area contributed by atoms with Crippen LogP contribution in [0.3, 0.4) is 0 Å². The minimum Gasteiger partial charge on any atom is -0.497 e. The van der Waals surface area contributed by atoms with Gasteiger partial charge in [-0.2, -0.15) is 0 Å². The van der Waals surface area contributed by atoms with Crippen LogP contribution in [0, 0.1) is 0 Å². The van der Waals surface area contributed by atoms with Gasteiger partial charge in [0.05, 0.1) is 13.7 Å². The predicted octanol–water partition coefficient (Wildman–Crippen LogP) is 2.72. The summed E-state index contributed by atoms with van der Waals surface area (Å²) in [7, 11) is 1.68. The lowest BCUT2D eigenvalue weighted by atomic mass is 10.1. The first kappa shape index (κ1) is 16.8. The Balaban J connectivity index is 1.43. The van der Waals surface area contributed by atoms with Gasteiger partial charge in [0, 0.05) is 39.1 Å². The van der Waals surface area contributed by atoms with E-state index in [-0.39, 0.29) is 0 Å². The van der Waals surface area contributed by atoms with Crippen molar-refractivity contribution in [1.82, 2.24) is 10.2 Å². The lowest BCUT2D eigenvalue weighted by Gasteiger charge is -2.27. The van der Waals surface area contributed by atoms with E-state index in [0.717, 1.165) is 50.6 Å². The Morgan fingerprint density at radius 2 is 1.50 bits per heavy atom. The number of ether oxygens (including phenoxy) is 2. The minimum atomic E-state index is 0.684. The van der Waals surface area contributed by atoms with Crippen molar-refractivity contribution in [1.29, 1.82) is 0 Å². The summed E-state index contributed by atoms with van der Waals surface area (Å²) < 4.78 is 11.0. The largest absolute Gasteiger partial charge is 0.497 e. The molecule has 0 aliphatic carbocycles. The standard InChI is InChI=1S/C20H26N2O2/c1-23-19-6-2-17(3-7-19)10-15-24-20-8-4-18(5-9-20)16-22-13-11-21-12-14-22/h2-9,21H,10-16H2,1H3. The maximum absolute atomic E-state index is 5.86. The average Bonchev–Trinajstić information content (AvgIpc) is 2.65. The molecule has 0 amide bonds. The third-order valence-corrected chi connectivity index (χ3v) is 4.36. The highest BCUT2D eigenvalue weighted by atomic mass is 16.5. The quantitative estimate of drug-likeness (QED) is 0.848. The average molecular weight is 326 g/mol. The number of piperazine rings is 1. The molecule has 0 bridgehead atoms. The smallest absolute Gasteiger partial charge is 0.119 e. The zero-order chi connectivity index (χ0) is 16.6. The molecule has 1 saturated heterocycles. The third-order valence-electron chi connectivity index (χ3n) is 4.36. The van der Waals surface area contributed by atoms with Crippen LogP contribution >= 0.6 is 0 Å². The summed E-state index contributed by atoms with van der Waals surface area (Å²) in [6.45, 7) is 6.14. The second-order valence-electron chi connectivity index (χ2n) is 6.12. The number of benzene rings is 2. The fourth-order valence-corrected chi connectivity index (χ4v) is 2.90. The van der Waals surface area contributed by atoms with Crippen LogP contribution in [0.25, 0.3) is 0 Å². The van der Waals surface area contributed by atoms with Crippen molar-refractivity contribution in [3.05, 3.63) is 59.7 Å². The van der Waals surface area contributed by atoms with Crippen molar-refractivity contribution in [3.63, 3.8) is 0 Å². The first-order chi connectivity index (χ1) is 11.8. The molecule has 4 heteroatoms. The Morgan fingerprint density at radius 1 is 0.875 bits per heavy atom. The highest BCUT2D eigenvalue weighted by Gasteiger charge is 2.09. The van der Waals surface area contributed by atoms with E-state index in [1.807, 2.05) is 12.1 Å². The summed E-state index contributed by atoms with van der Waals surface area (Å²) in [6.07, 6.45) is 0.895. The van der Waals surface area contributed by atoms with Crippen molar-refractivity contribution in [2.75, 3.05) is 39.9 Å². The summed E-state index contributed by atoms with van der Waals surface area (Å²) in [5.41, 5.74) is 2.60. The van der Waals surface area contributed by atoms with E-state index in [9.17, 15) is 0 Å². The molecule has 0 saturated carbocycles. The number of nitrogens with one attached hydrogen (secondary N) is 1. The zero-order valence-corrected chi connectivity index (χ0v) is 14.3. The third kappa shape index (κ3) is 4.98. The van der Waals surface area contributed by atoms with E-state index in [1.54, 1.807) is 7.11 Å². The molecule has 4 nitrogen and oxygen atoms in total. The van der Waals surface area contributed by atoms with Gasteiger partial charge in [0.25, 0.3) is 0 Å². The van der Waals surface area contributed by atoms with Crippen LogP contribution in [0.4, 0.5) is 0 Å². The normalized spacial score (nSPS) is 15.2. The molecule has 24 heavy (non-hydrogen) atoms. The van der Waals surface area contributed by atoms with E-state index >= 15 is 0 Å². The molecule has 2 aromatic carbocycles. The van der Waals surface area contributed by atoms with E-state index in [2.05, 4.69) is 46.6 Å². The summed E-state index contributed by atoms with van der Waals surface area (Å²) in [5.74, 6) is 1.83. The maximum Gasteiger partial charge on any atom is 0.119 e. The molecular weight excluding hydrogens is 300 g/mol. The van der Waals surface area contributed by atoms with Crippen LogP contribution in [-0.4, -0.2) is 44.8 Å². The van der Waals surface area contributed by atoms with Gasteiger partial charge < -0.3 is 14.8 Å². The maximum atomic E-state index is 5.86. The molecule has 1 N–H and O–H groups in total. The Bertz CT molecular complexity index is 605. The highest BCUT2D eigenvalue weighted by molar-refractivity contribution is 5.29. The lowest BCUT2D eigenvalue weighted by Crippen LogP contribution is -2.42. The van der Waals surface area contributed by atoms with Crippen molar-refractivity contribution in [3.8, 4) is 11.5 Å². The Labute approximate surface area is 144 Å². The van der Waals surface area contributed by atoms with Crippen LogP contribution < -0.4 is 14.8 Å². The van der Waals surface area contributed by atoms with Gasteiger partial charge in [-0.25, -0.2) is 0 Å². The molecule has 0 unspecified atom stereocenters.